The Hall–Kier alpha value is -3.56. The average Bonchev–Trinajstić information content (AvgIpc) is 3.29. The van der Waals surface area contributed by atoms with Gasteiger partial charge in [0.25, 0.3) is 0 Å². The summed E-state index contributed by atoms with van der Waals surface area (Å²) in [4.78, 5) is 19.1. The van der Waals surface area contributed by atoms with E-state index in [1.807, 2.05) is 54.3 Å². The Morgan fingerprint density at radius 2 is 1.85 bits per heavy atom. The van der Waals surface area contributed by atoms with Gasteiger partial charge in [-0.3, -0.25) is 19.6 Å². The van der Waals surface area contributed by atoms with Crippen molar-refractivity contribution in [2.24, 2.45) is 5.10 Å². The number of pyridine rings is 1. The molecule has 0 spiro atoms. The predicted molar refractivity (Wildman–Crippen MR) is 125 cm³/mol. The van der Waals surface area contributed by atoms with Crippen molar-refractivity contribution in [3.8, 4) is 11.3 Å². The minimum absolute atomic E-state index is 0.0946. The molecular formula is C24H28N6O3. The summed E-state index contributed by atoms with van der Waals surface area (Å²) in [6.45, 7) is 5.92. The van der Waals surface area contributed by atoms with E-state index in [1.54, 1.807) is 18.6 Å². The number of aliphatic carboxylic acids is 1. The smallest absolute Gasteiger partial charge is 0.317 e. The SMILES string of the molecule is CC(N/N=C/c1ccc(-c2cc(CN3CCN(CC(=O)O)CC3)on2)cc1)c1ccncc1. The summed E-state index contributed by atoms with van der Waals surface area (Å²) >= 11 is 0. The van der Waals surface area contributed by atoms with Crippen LogP contribution in [0.15, 0.2) is 64.5 Å². The second-order valence-corrected chi connectivity index (χ2v) is 8.14. The zero-order valence-corrected chi connectivity index (χ0v) is 18.6. The fourth-order valence-electron chi connectivity index (χ4n) is 3.73. The third-order valence-electron chi connectivity index (χ3n) is 5.66. The molecule has 2 N–H and O–H groups in total. The molecule has 1 aliphatic heterocycles. The second kappa shape index (κ2) is 10.8. The van der Waals surface area contributed by atoms with Crippen LogP contribution < -0.4 is 5.43 Å². The monoisotopic (exact) mass is 448 g/mol. The molecule has 1 unspecified atom stereocenters. The van der Waals surface area contributed by atoms with Crippen LogP contribution in [0.5, 0.6) is 0 Å². The van der Waals surface area contributed by atoms with Crippen LogP contribution in [-0.2, 0) is 11.3 Å². The number of benzene rings is 1. The van der Waals surface area contributed by atoms with E-state index in [1.165, 1.54) is 0 Å². The molecule has 1 saturated heterocycles. The number of carboxylic acid groups (broad SMARTS) is 1. The van der Waals surface area contributed by atoms with Gasteiger partial charge in [-0.25, -0.2) is 0 Å². The molecule has 3 aromatic rings. The first-order valence-electron chi connectivity index (χ1n) is 11.0. The van der Waals surface area contributed by atoms with Gasteiger partial charge < -0.3 is 15.1 Å². The minimum atomic E-state index is -0.781. The van der Waals surface area contributed by atoms with Crippen molar-refractivity contribution in [1.29, 1.82) is 0 Å². The van der Waals surface area contributed by atoms with E-state index < -0.39 is 5.97 Å². The number of hydrogen-bond acceptors (Lipinski definition) is 8. The maximum atomic E-state index is 10.8. The Bertz CT molecular complexity index is 1060. The predicted octanol–water partition coefficient (Wildman–Crippen LogP) is 2.62. The number of carboxylic acids is 1. The number of hydrogen-bond donors (Lipinski definition) is 2. The topological polar surface area (TPSA) is 107 Å². The summed E-state index contributed by atoms with van der Waals surface area (Å²) in [6, 6.07) is 14.0. The number of carbonyl (C=O) groups is 1. The molecule has 2 aromatic heterocycles. The van der Waals surface area contributed by atoms with Crippen molar-refractivity contribution in [2.75, 3.05) is 32.7 Å². The van der Waals surface area contributed by atoms with E-state index in [2.05, 4.69) is 25.6 Å². The van der Waals surface area contributed by atoms with Crippen LogP contribution in [0.3, 0.4) is 0 Å². The van der Waals surface area contributed by atoms with E-state index in [4.69, 9.17) is 9.63 Å². The van der Waals surface area contributed by atoms with Gasteiger partial charge in [0.1, 0.15) is 5.69 Å². The molecule has 1 fully saturated rings. The third-order valence-corrected chi connectivity index (χ3v) is 5.66. The van der Waals surface area contributed by atoms with Gasteiger partial charge in [-0.15, -0.1) is 0 Å². The van der Waals surface area contributed by atoms with Crippen molar-refractivity contribution in [1.82, 2.24) is 25.4 Å². The zero-order chi connectivity index (χ0) is 23.0. The lowest BCUT2D eigenvalue weighted by Crippen LogP contribution is -2.47. The Kier molecular flexibility index (Phi) is 7.43. The van der Waals surface area contributed by atoms with Crippen molar-refractivity contribution >= 4 is 12.2 Å². The summed E-state index contributed by atoms with van der Waals surface area (Å²) < 4.78 is 5.54. The second-order valence-electron chi connectivity index (χ2n) is 8.14. The fourth-order valence-corrected chi connectivity index (χ4v) is 3.73. The van der Waals surface area contributed by atoms with Gasteiger partial charge >= 0.3 is 5.97 Å². The van der Waals surface area contributed by atoms with Gasteiger partial charge in [0.15, 0.2) is 5.76 Å². The van der Waals surface area contributed by atoms with Gasteiger partial charge in [0.05, 0.1) is 25.3 Å². The number of aromatic nitrogens is 2. The van der Waals surface area contributed by atoms with Gasteiger partial charge in [-0.05, 0) is 30.2 Å². The molecule has 9 nitrogen and oxygen atoms in total. The van der Waals surface area contributed by atoms with Gasteiger partial charge in [0.2, 0.25) is 0 Å². The molecule has 0 saturated carbocycles. The van der Waals surface area contributed by atoms with Crippen LogP contribution >= 0.6 is 0 Å². The Balaban J connectivity index is 1.28. The summed E-state index contributed by atoms with van der Waals surface area (Å²) in [5.41, 5.74) is 7.01. The molecule has 0 bridgehead atoms. The first-order valence-corrected chi connectivity index (χ1v) is 11.0. The van der Waals surface area contributed by atoms with Crippen LogP contribution in [-0.4, -0.2) is 70.0 Å². The molecule has 0 amide bonds. The maximum Gasteiger partial charge on any atom is 0.317 e. The Morgan fingerprint density at radius 1 is 1.15 bits per heavy atom. The molecule has 1 atom stereocenters. The van der Waals surface area contributed by atoms with Gasteiger partial charge in [0, 0.05) is 50.2 Å². The first kappa shape index (κ1) is 22.6. The fraction of sp³-hybridized carbons (Fsp3) is 0.333. The lowest BCUT2D eigenvalue weighted by Gasteiger charge is -2.33. The number of nitrogens with one attached hydrogen (secondary N) is 1. The molecule has 0 aliphatic carbocycles. The van der Waals surface area contributed by atoms with Crippen LogP contribution in [0.4, 0.5) is 0 Å². The molecule has 9 heteroatoms. The lowest BCUT2D eigenvalue weighted by molar-refractivity contribution is -0.138. The van der Waals surface area contributed by atoms with Crippen LogP contribution in [0.2, 0.25) is 0 Å². The highest BCUT2D eigenvalue weighted by Gasteiger charge is 2.20. The molecular weight excluding hydrogens is 420 g/mol. The van der Waals surface area contributed by atoms with Crippen LogP contribution in [0.1, 0.15) is 29.9 Å². The van der Waals surface area contributed by atoms with Crippen molar-refractivity contribution < 1.29 is 14.4 Å². The lowest BCUT2D eigenvalue weighted by atomic mass is 10.1. The van der Waals surface area contributed by atoms with E-state index in [0.29, 0.717) is 6.54 Å². The first-order chi connectivity index (χ1) is 16.1. The molecule has 0 radical (unpaired) electrons. The summed E-state index contributed by atoms with van der Waals surface area (Å²) in [5.74, 6) is 0.0213. The molecule has 1 aliphatic rings. The highest BCUT2D eigenvalue weighted by atomic mass is 16.5. The Morgan fingerprint density at radius 3 is 2.55 bits per heavy atom. The third kappa shape index (κ3) is 6.47. The van der Waals surface area contributed by atoms with Gasteiger partial charge in [-0.2, -0.15) is 5.10 Å². The van der Waals surface area contributed by atoms with E-state index in [9.17, 15) is 4.79 Å². The molecule has 3 heterocycles. The van der Waals surface area contributed by atoms with E-state index in [-0.39, 0.29) is 12.6 Å². The van der Waals surface area contributed by atoms with E-state index >= 15 is 0 Å². The molecule has 172 valence electrons. The van der Waals surface area contributed by atoms with Crippen LogP contribution in [0.25, 0.3) is 11.3 Å². The number of hydrazone groups is 1. The molecule has 1 aromatic carbocycles. The highest BCUT2D eigenvalue weighted by molar-refractivity contribution is 5.80. The van der Waals surface area contributed by atoms with Crippen molar-refractivity contribution in [2.45, 2.75) is 19.5 Å². The minimum Gasteiger partial charge on any atom is -0.480 e. The maximum absolute atomic E-state index is 10.8. The van der Waals surface area contributed by atoms with Crippen molar-refractivity contribution in [3.63, 3.8) is 0 Å². The van der Waals surface area contributed by atoms with Gasteiger partial charge in [-0.1, -0.05) is 29.4 Å². The standard InChI is InChI=1S/C24H28N6O3/c1-18(20-6-8-25-9-7-20)27-26-15-19-2-4-21(5-3-19)23-14-22(33-28-23)16-29-10-12-30(13-11-29)17-24(31)32/h2-9,14-15,18,27H,10-13,16-17H2,1H3,(H,31,32)/b26-15+. The number of piperazine rings is 1. The van der Waals surface area contributed by atoms with Crippen molar-refractivity contribution in [3.05, 3.63) is 71.7 Å². The Labute approximate surface area is 192 Å². The van der Waals surface area contributed by atoms with Crippen LogP contribution in [0, 0.1) is 0 Å². The summed E-state index contributed by atoms with van der Waals surface area (Å²) in [7, 11) is 0. The average molecular weight is 449 g/mol. The summed E-state index contributed by atoms with van der Waals surface area (Å²) in [6.07, 6.45) is 5.33. The highest BCUT2D eigenvalue weighted by Crippen LogP contribution is 2.21. The number of rotatable bonds is 9. The normalized spacial score (nSPS) is 16.2. The molecule has 4 rings (SSSR count). The quantitative estimate of drug-likeness (QED) is 0.380. The number of nitrogens with zero attached hydrogens (tertiary/aromatic N) is 5. The zero-order valence-electron chi connectivity index (χ0n) is 18.6. The largest absolute Gasteiger partial charge is 0.480 e. The van der Waals surface area contributed by atoms with E-state index in [0.717, 1.165) is 54.3 Å². The summed E-state index contributed by atoms with van der Waals surface area (Å²) in [5, 5.41) is 17.5. The molecule has 33 heavy (non-hydrogen) atoms.